The van der Waals surface area contributed by atoms with Gasteiger partial charge in [0, 0.05) is 32.0 Å². The number of aryl methyl sites for hydroxylation is 2. The zero-order valence-corrected chi connectivity index (χ0v) is 7.53. The molecule has 3 heteroatoms. The standard InChI is InChI=1S/C9H16N2O/c1-2-11-7-6-10-9(11)5-3-4-8-12/h6-7,12H,2-5,8H2,1H3. The summed E-state index contributed by atoms with van der Waals surface area (Å²) in [6.45, 7) is 3.37. The predicted molar refractivity (Wildman–Crippen MR) is 47.9 cm³/mol. The minimum absolute atomic E-state index is 0.285. The van der Waals surface area contributed by atoms with Gasteiger partial charge in [0.25, 0.3) is 0 Å². The Bertz CT molecular complexity index is 220. The van der Waals surface area contributed by atoms with Crippen LogP contribution < -0.4 is 0 Å². The van der Waals surface area contributed by atoms with Gasteiger partial charge in [-0.15, -0.1) is 0 Å². The first-order valence-electron chi connectivity index (χ1n) is 4.49. The molecule has 0 amide bonds. The molecule has 0 fully saturated rings. The number of aliphatic hydroxyl groups is 1. The van der Waals surface area contributed by atoms with Crippen molar-refractivity contribution in [1.29, 1.82) is 0 Å². The van der Waals surface area contributed by atoms with Crippen LogP contribution in [0.4, 0.5) is 0 Å². The molecular weight excluding hydrogens is 152 g/mol. The van der Waals surface area contributed by atoms with E-state index in [2.05, 4.69) is 16.5 Å². The van der Waals surface area contributed by atoms with Crippen molar-refractivity contribution in [1.82, 2.24) is 9.55 Å². The van der Waals surface area contributed by atoms with E-state index in [1.54, 1.807) is 0 Å². The van der Waals surface area contributed by atoms with Crippen molar-refractivity contribution in [3.8, 4) is 0 Å². The molecule has 1 aromatic heterocycles. The number of imidazole rings is 1. The molecule has 0 saturated carbocycles. The first-order chi connectivity index (χ1) is 5.88. The zero-order valence-electron chi connectivity index (χ0n) is 7.53. The third kappa shape index (κ3) is 2.34. The van der Waals surface area contributed by atoms with E-state index in [4.69, 9.17) is 5.11 Å². The maximum Gasteiger partial charge on any atom is 0.108 e. The van der Waals surface area contributed by atoms with E-state index >= 15 is 0 Å². The van der Waals surface area contributed by atoms with Crippen molar-refractivity contribution in [2.45, 2.75) is 32.7 Å². The van der Waals surface area contributed by atoms with Crippen LogP contribution in [0, 0.1) is 0 Å². The van der Waals surface area contributed by atoms with E-state index in [0.717, 1.165) is 31.6 Å². The van der Waals surface area contributed by atoms with Crippen LogP contribution in [0.1, 0.15) is 25.6 Å². The molecule has 0 spiro atoms. The highest BCUT2D eigenvalue weighted by Gasteiger charge is 1.99. The highest BCUT2D eigenvalue weighted by atomic mass is 16.2. The molecule has 12 heavy (non-hydrogen) atoms. The fourth-order valence-electron chi connectivity index (χ4n) is 1.25. The second-order valence-electron chi connectivity index (χ2n) is 2.81. The van der Waals surface area contributed by atoms with E-state index in [1.807, 2.05) is 12.4 Å². The summed E-state index contributed by atoms with van der Waals surface area (Å²) in [5.41, 5.74) is 0. The number of rotatable bonds is 5. The Balaban J connectivity index is 2.39. The summed E-state index contributed by atoms with van der Waals surface area (Å²) in [6, 6.07) is 0. The van der Waals surface area contributed by atoms with Gasteiger partial charge in [-0.25, -0.2) is 4.98 Å². The maximum absolute atomic E-state index is 8.59. The Morgan fingerprint density at radius 2 is 2.33 bits per heavy atom. The van der Waals surface area contributed by atoms with Gasteiger partial charge in [-0.1, -0.05) is 0 Å². The quantitative estimate of drug-likeness (QED) is 0.671. The molecule has 1 rings (SSSR count). The number of unbranched alkanes of at least 4 members (excludes halogenated alkanes) is 1. The lowest BCUT2D eigenvalue weighted by atomic mass is 10.2. The van der Waals surface area contributed by atoms with Crippen LogP contribution in [-0.4, -0.2) is 21.3 Å². The SMILES string of the molecule is CCn1ccnc1CCCCO. The maximum atomic E-state index is 8.59. The van der Waals surface area contributed by atoms with Crippen LogP contribution in [0.5, 0.6) is 0 Å². The summed E-state index contributed by atoms with van der Waals surface area (Å²) in [4.78, 5) is 4.24. The Hall–Kier alpha value is -0.830. The average molecular weight is 168 g/mol. The fraction of sp³-hybridized carbons (Fsp3) is 0.667. The van der Waals surface area contributed by atoms with Gasteiger partial charge >= 0.3 is 0 Å². The number of aromatic nitrogens is 2. The minimum Gasteiger partial charge on any atom is -0.396 e. The van der Waals surface area contributed by atoms with Crippen molar-refractivity contribution >= 4 is 0 Å². The summed E-state index contributed by atoms with van der Waals surface area (Å²) in [7, 11) is 0. The number of hydrogen-bond donors (Lipinski definition) is 1. The van der Waals surface area contributed by atoms with E-state index in [1.165, 1.54) is 0 Å². The van der Waals surface area contributed by atoms with Gasteiger partial charge in [0.2, 0.25) is 0 Å². The molecule has 1 heterocycles. The summed E-state index contributed by atoms with van der Waals surface area (Å²) >= 11 is 0. The van der Waals surface area contributed by atoms with Crippen LogP contribution in [-0.2, 0) is 13.0 Å². The first-order valence-corrected chi connectivity index (χ1v) is 4.49. The highest BCUT2D eigenvalue weighted by molar-refractivity contribution is 4.91. The van der Waals surface area contributed by atoms with Crippen LogP contribution in [0.25, 0.3) is 0 Å². The summed E-state index contributed by atoms with van der Waals surface area (Å²) in [6.07, 6.45) is 6.69. The fourth-order valence-corrected chi connectivity index (χ4v) is 1.25. The number of nitrogens with zero attached hydrogens (tertiary/aromatic N) is 2. The van der Waals surface area contributed by atoms with Gasteiger partial charge in [-0.3, -0.25) is 0 Å². The van der Waals surface area contributed by atoms with Gasteiger partial charge in [-0.05, 0) is 19.8 Å². The summed E-state index contributed by atoms with van der Waals surface area (Å²) in [5, 5.41) is 8.59. The zero-order chi connectivity index (χ0) is 8.81. The van der Waals surface area contributed by atoms with E-state index in [-0.39, 0.29) is 6.61 Å². The molecule has 0 aliphatic heterocycles. The molecule has 68 valence electrons. The molecule has 0 saturated heterocycles. The molecule has 1 N–H and O–H groups in total. The van der Waals surface area contributed by atoms with Crippen LogP contribution in [0.2, 0.25) is 0 Å². The molecule has 0 atom stereocenters. The van der Waals surface area contributed by atoms with Gasteiger partial charge in [0.15, 0.2) is 0 Å². The molecule has 0 radical (unpaired) electrons. The van der Waals surface area contributed by atoms with Crippen LogP contribution >= 0.6 is 0 Å². The topological polar surface area (TPSA) is 38.0 Å². The Morgan fingerprint density at radius 3 is 3.00 bits per heavy atom. The van der Waals surface area contributed by atoms with E-state index in [9.17, 15) is 0 Å². The van der Waals surface area contributed by atoms with E-state index in [0.29, 0.717) is 0 Å². The molecule has 0 unspecified atom stereocenters. The minimum atomic E-state index is 0.285. The Kier molecular flexibility index (Phi) is 3.80. The van der Waals surface area contributed by atoms with Crippen molar-refractivity contribution in [2.24, 2.45) is 0 Å². The van der Waals surface area contributed by atoms with Gasteiger partial charge < -0.3 is 9.67 Å². The molecular formula is C9H16N2O. The lowest BCUT2D eigenvalue weighted by Crippen LogP contribution is -2.01. The molecule has 0 aliphatic carbocycles. The first kappa shape index (κ1) is 9.26. The van der Waals surface area contributed by atoms with Gasteiger partial charge in [0.1, 0.15) is 5.82 Å². The van der Waals surface area contributed by atoms with Crippen molar-refractivity contribution in [2.75, 3.05) is 6.61 Å². The largest absolute Gasteiger partial charge is 0.396 e. The molecule has 0 aromatic carbocycles. The lowest BCUT2D eigenvalue weighted by molar-refractivity contribution is 0.284. The molecule has 1 aromatic rings. The van der Waals surface area contributed by atoms with Crippen LogP contribution in [0.15, 0.2) is 12.4 Å². The smallest absolute Gasteiger partial charge is 0.108 e. The predicted octanol–water partition coefficient (Wildman–Crippen LogP) is 1.22. The second kappa shape index (κ2) is 4.93. The highest BCUT2D eigenvalue weighted by Crippen LogP contribution is 2.02. The normalized spacial score (nSPS) is 10.5. The average Bonchev–Trinajstić information content (AvgIpc) is 2.52. The number of aliphatic hydroxyl groups excluding tert-OH is 1. The lowest BCUT2D eigenvalue weighted by Gasteiger charge is -2.02. The molecule has 0 bridgehead atoms. The van der Waals surface area contributed by atoms with Crippen molar-refractivity contribution in [3.05, 3.63) is 18.2 Å². The van der Waals surface area contributed by atoms with Gasteiger partial charge in [-0.2, -0.15) is 0 Å². The Labute approximate surface area is 73.1 Å². The van der Waals surface area contributed by atoms with Crippen LogP contribution in [0.3, 0.4) is 0 Å². The third-order valence-corrected chi connectivity index (χ3v) is 1.95. The number of hydrogen-bond acceptors (Lipinski definition) is 2. The third-order valence-electron chi connectivity index (χ3n) is 1.95. The summed E-state index contributed by atoms with van der Waals surface area (Å²) in [5.74, 6) is 1.13. The monoisotopic (exact) mass is 168 g/mol. The summed E-state index contributed by atoms with van der Waals surface area (Å²) < 4.78 is 2.14. The molecule has 0 aliphatic rings. The van der Waals surface area contributed by atoms with Crippen molar-refractivity contribution < 1.29 is 5.11 Å². The van der Waals surface area contributed by atoms with E-state index < -0.39 is 0 Å². The Morgan fingerprint density at radius 1 is 1.50 bits per heavy atom. The second-order valence-corrected chi connectivity index (χ2v) is 2.81. The van der Waals surface area contributed by atoms with Crippen molar-refractivity contribution in [3.63, 3.8) is 0 Å². The van der Waals surface area contributed by atoms with Gasteiger partial charge in [0.05, 0.1) is 0 Å². The molecule has 3 nitrogen and oxygen atoms in total.